The number of aromatic nitrogens is 6. The van der Waals surface area contributed by atoms with Crippen molar-refractivity contribution in [1.82, 2.24) is 35.0 Å². The number of nitrogens with two attached hydrogens (primary N) is 1. The van der Waals surface area contributed by atoms with Gasteiger partial charge < -0.3 is 16.2 Å². The average Bonchev–Trinajstić information content (AvgIpc) is 3.46. The van der Waals surface area contributed by atoms with Crippen molar-refractivity contribution in [3.63, 3.8) is 0 Å². The number of nitrogens with one attached hydrogen (secondary N) is 2. The van der Waals surface area contributed by atoms with Crippen molar-refractivity contribution in [1.29, 1.82) is 0 Å². The molecular weight excluding hydrogens is 408 g/mol. The number of rotatable bonds is 5. The SMILES string of the molecule is Nc1ncccc1-c1nc2ccc(-c3cn[nH]c3)nc2n1-c1ccc(CNC(=O)O)cc1. The molecule has 0 radical (unpaired) electrons. The first-order valence-electron chi connectivity index (χ1n) is 9.76. The van der Waals surface area contributed by atoms with Crippen molar-refractivity contribution < 1.29 is 9.90 Å². The van der Waals surface area contributed by atoms with E-state index in [1.807, 2.05) is 47.0 Å². The van der Waals surface area contributed by atoms with Crippen LogP contribution in [-0.4, -0.2) is 40.9 Å². The van der Waals surface area contributed by atoms with Crippen LogP contribution >= 0.6 is 0 Å². The number of H-pyrrole nitrogens is 1. The molecular formula is C22H18N8O2. The molecule has 10 nitrogen and oxygen atoms in total. The molecule has 0 spiro atoms. The zero-order valence-electron chi connectivity index (χ0n) is 16.7. The number of carboxylic acid groups (broad SMARTS) is 1. The summed E-state index contributed by atoms with van der Waals surface area (Å²) < 4.78 is 1.92. The third-order valence-corrected chi connectivity index (χ3v) is 5.02. The topological polar surface area (TPSA) is 148 Å². The van der Waals surface area contributed by atoms with Gasteiger partial charge in [0, 0.05) is 30.2 Å². The van der Waals surface area contributed by atoms with Crippen LogP contribution in [0.5, 0.6) is 0 Å². The van der Waals surface area contributed by atoms with Gasteiger partial charge in [-0.05, 0) is 42.0 Å². The molecule has 0 aliphatic carbocycles. The summed E-state index contributed by atoms with van der Waals surface area (Å²) in [4.78, 5) is 24.6. The number of nitrogen functional groups attached to an aromatic ring is 1. The number of amides is 1. The summed E-state index contributed by atoms with van der Waals surface area (Å²) in [6.07, 6.45) is 4.05. The van der Waals surface area contributed by atoms with E-state index in [2.05, 4.69) is 20.5 Å². The van der Waals surface area contributed by atoms with Crippen LogP contribution in [0.3, 0.4) is 0 Å². The van der Waals surface area contributed by atoms with Gasteiger partial charge in [-0.1, -0.05) is 12.1 Å². The summed E-state index contributed by atoms with van der Waals surface area (Å²) >= 11 is 0. The molecule has 0 saturated carbocycles. The van der Waals surface area contributed by atoms with E-state index in [0.717, 1.165) is 22.5 Å². The highest BCUT2D eigenvalue weighted by Gasteiger charge is 2.18. The van der Waals surface area contributed by atoms with E-state index in [1.165, 1.54) is 0 Å². The second-order valence-electron chi connectivity index (χ2n) is 7.06. The van der Waals surface area contributed by atoms with Gasteiger partial charge in [0.25, 0.3) is 0 Å². The van der Waals surface area contributed by atoms with Crippen LogP contribution in [0, 0.1) is 0 Å². The van der Waals surface area contributed by atoms with Crippen LogP contribution in [0.1, 0.15) is 5.56 Å². The smallest absolute Gasteiger partial charge is 0.404 e. The minimum absolute atomic E-state index is 0.214. The molecule has 1 aromatic carbocycles. The van der Waals surface area contributed by atoms with Crippen LogP contribution < -0.4 is 11.1 Å². The molecule has 1 amide bonds. The van der Waals surface area contributed by atoms with E-state index in [0.29, 0.717) is 28.4 Å². The Bertz CT molecular complexity index is 1410. The van der Waals surface area contributed by atoms with Gasteiger partial charge in [0.1, 0.15) is 11.3 Å². The molecule has 158 valence electrons. The predicted molar refractivity (Wildman–Crippen MR) is 119 cm³/mol. The fraction of sp³-hybridized carbons (Fsp3) is 0.0455. The zero-order valence-corrected chi connectivity index (χ0v) is 16.7. The molecule has 5 N–H and O–H groups in total. The Morgan fingerprint density at radius 2 is 1.97 bits per heavy atom. The molecule has 0 fully saturated rings. The molecule has 0 atom stereocenters. The van der Waals surface area contributed by atoms with Crippen LogP contribution in [0.15, 0.2) is 67.1 Å². The van der Waals surface area contributed by atoms with E-state index in [9.17, 15) is 4.79 Å². The number of carbonyl (C=O) groups is 1. The lowest BCUT2D eigenvalue weighted by molar-refractivity contribution is 0.194. The summed E-state index contributed by atoms with van der Waals surface area (Å²) in [6, 6.07) is 15.0. The number of nitrogens with zero attached hydrogens (tertiary/aromatic N) is 5. The summed E-state index contributed by atoms with van der Waals surface area (Å²) in [5, 5.41) is 18.0. The fourth-order valence-electron chi connectivity index (χ4n) is 3.48. The molecule has 4 aromatic heterocycles. The lowest BCUT2D eigenvalue weighted by Gasteiger charge is -2.11. The van der Waals surface area contributed by atoms with Gasteiger partial charge >= 0.3 is 6.09 Å². The lowest BCUT2D eigenvalue weighted by Crippen LogP contribution is -2.19. The number of fused-ring (bicyclic) bond motifs is 1. The largest absolute Gasteiger partial charge is 0.465 e. The molecule has 10 heteroatoms. The van der Waals surface area contributed by atoms with E-state index in [1.54, 1.807) is 24.7 Å². The lowest BCUT2D eigenvalue weighted by atomic mass is 10.2. The molecule has 4 heterocycles. The normalized spacial score (nSPS) is 11.0. The number of pyridine rings is 2. The standard InChI is InChI=1S/C22H18N8O2/c23-19-16(2-1-9-24-19)20-29-18-8-7-17(14-11-26-27-12-14)28-21(18)30(20)15-5-3-13(4-6-15)10-25-22(31)32/h1-9,11-12,25H,10H2,(H2,23,24)(H,26,27)(H,31,32). The summed E-state index contributed by atoms with van der Waals surface area (Å²) in [5.74, 6) is 0.972. The molecule has 0 aliphatic heterocycles. The molecule has 32 heavy (non-hydrogen) atoms. The monoisotopic (exact) mass is 426 g/mol. The van der Waals surface area contributed by atoms with Gasteiger partial charge in [-0.2, -0.15) is 5.10 Å². The van der Waals surface area contributed by atoms with Crippen LogP contribution in [0.4, 0.5) is 10.6 Å². The Labute approximate surface area is 181 Å². The maximum atomic E-state index is 10.8. The molecule has 5 rings (SSSR count). The third-order valence-electron chi connectivity index (χ3n) is 5.02. The Morgan fingerprint density at radius 1 is 1.12 bits per heavy atom. The minimum atomic E-state index is -1.07. The number of anilines is 1. The number of hydrogen-bond donors (Lipinski definition) is 4. The number of hydrogen-bond acceptors (Lipinski definition) is 6. The van der Waals surface area contributed by atoms with Crippen molar-refractivity contribution in [2.24, 2.45) is 0 Å². The Hall–Kier alpha value is -4.73. The average molecular weight is 426 g/mol. The highest BCUT2D eigenvalue weighted by atomic mass is 16.4. The summed E-state index contributed by atoms with van der Waals surface area (Å²) in [5.41, 5.74) is 11.4. The van der Waals surface area contributed by atoms with E-state index < -0.39 is 6.09 Å². The molecule has 0 saturated heterocycles. The van der Waals surface area contributed by atoms with E-state index >= 15 is 0 Å². The van der Waals surface area contributed by atoms with Crippen molar-refractivity contribution in [3.05, 3.63) is 72.7 Å². The Balaban J connectivity index is 1.69. The molecule has 0 unspecified atom stereocenters. The molecule has 0 bridgehead atoms. The molecule has 0 aliphatic rings. The van der Waals surface area contributed by atoms with Gasteiger partial charge in [-0.25, -0.2) is 19.7 Å². The Morgan fingerprint density at radius 3 is 2.69 bits per heavy atom. The minimum Gasteiger partial charge on any atom is -0.465 e. The van der Waals surface area contributed by atoms with Crippen LogP contribution in [0.25, 0.3) is 39.5 Å². The first-order chi connectivity index (χ1) is 15.6. The van der Waals surface area contributed by atoms with Gasteiger partial charge in [-0.3, -0.25) is 9.67 Å². The third kappa shape index (κ3) is 3.49. The van der Waals surface area contributed by atoms with Crippen molar-refractivity contribution >= 4 is 23.1 Å². The van der Waals surface area contributed by atoms with Crippen LogP contribution in [0.2, 0.25) is 0 Å². The number of benzene rings is 1. The maximum absolute atomic E-state index is 10.8. The first kappa shape index (κ1) is 19.2. The highest BCUT2D eigenvalue weighted by molar-refractivity contribution is 5.84. The summed E-state index contributed by atoms with van der Waals surface area (Å²) in [6.45, 7) is 0.214. The van der Waals surface area contributed by atoms with E-state index in [-0.39, 0.29) is 6.54 Å². The van der Waals surface area contributed by atoms with Gasteiger partial charge in [0.05, 0.1) is 17.5 Å². The maximum Gasteiger partial charge on any atom is 0.404 e. The second kappa shape index (κ2) is 7.84. The van der Waals surface area contributed by atoms with Crippen LogP contribution in [-0.2, 0) is 6.54 Å². The van der Waals surface area contributed by atoms with Crippen molar-refractivity contribution in [2.45, 2.75) is 6.54 Å². The van der Waals surface area contributed by atoms with Crippen molar-refractivity contribution in [3.8, 4) is 28.3 Å². The van der Waals surface area contributed by atoms with E-state index in [4.69, 9.17) is 20.8 Å². The number of aromatic amines is 1. The Kier molecular flexibility index (Phi) is 4.71. The highest BCUT2D eigenvalue weighted by Crippen LogP contribution is 2.31. The summed E-state index contributed by atoms with van der Waals surface area (Å²) in [7, 11) is 0. The molecule has 5 aromatic rings. The zero-order chi connectivity index (χ0) is 22.1. The first-order valence-corrected chi connectivity index (χ1v) is 9.76. The predicted octanol–water partition coefficient (Wildman–Crippen LogP) is 3.22. The van der Waals surface area contributed by atoms with Gasteiger partial charge in [-0.15, -0.1) is 0 Å². The van der Waals surface area contributed by atoms with Crippen molar-refractivity contribution in [2.75, 3.05) is 5.73 Å². The van der Waals surface area contributed by atoms with Gasteiger partial charge in [0.2, 0.25) is 0 Å². The van der Waals surface area contributed by atoms with Gasteiger partial charge in [0.15, 0.2) is 11.5 Å². The number of imidazole rings is 1. The fourth-order valence-corrected chi connectivity index (χ4v) is 3.48. The quantitative estimate of drug-likeness (QED) is 0.337. The second-order valence-corrected chi connectivity index (χ2v) is 7.06.